The largest absolute Gasteiger partial charge is 0.381 e. The zero-order chi connectivity index (χ0) is 17.1. The predicted molar refractivity (Wildman–Crippen MR) is 93.5 cm³/mol. The summed E-state index contributed by atoms with van der Waals surface area (Å²) < 4.78 is 5.43. The first-order chi connectivity index (χ1) is 11.6. The van der Waals surface area contributed by atoms with E-state index in [2.05, 4.69) is 6.07 Å². The first-order valence-electron chi connectivity index (χ1n) is 7.75. The van der Waals surface area contributed by atoms with Gasteiger partial charge >= 0.3 is 0 Å². The number of nitriles is 1. The van der Waals surface area contributed by atoms with Crippen molar-refractivity contribution in [2.75, 3.05) is 25.2 Å². The average Bonchev–Trinajstić information content (AvgIpc) is 3.15. The van der Waals surface area contributed by atoms with Gasteiger partial charge < -0.3 is 9.64 Å². The second kappa shape index (κ2) is 7.04. The molecule has 1 aliphatic rings. The van der Waals surface area contributed by atoms with E-state index in [0.29, 0.717) is 34.4 Å². The van der Waals surface area contributed by atoms with Crippen molar-refractivity contribution in [3.05, 3.63) is 64.2 Å². The van der Waals surface area contributed by atoms with Gasteiger partial charge in [-0.25, -0.2) is 0 Å². The molecule has 122 valence electrons. The van der Waals surface area contributed by atoms with Crippen LogP contribution in [0.2, 0.25) is 5.02 Å². The van der Waals surface area contributed by atoms with Crippen LogP contribution in [0.15, 0.2) is 42.5 Å². The van der Waals surface area contributed by atoms with Crippen LogP contribution >= 0.6 is 11.6 Å². The Morgan fingerprint density at radius 2 is 2.17 bits per heavy atom. The first kappa shape index (κ1) is 16.5. The highest BCUT2D eigenvalue weighted by atomic mass is 35.5. The Morgan fingerprint density at radius 3 is 2.88 bits per heavy atom. The molecule has 4 nitrogen and oxygen atoms in total. The number of hydrogen-bond donors (Lipinski definition) is 0. The van der Waals surface area contributed by atoms with Gasteiger partial charge in [0.2, 0.25) is 0 Å². The summed E-state index contributed by atoms with van der Waals surface area (Å²) in [7, 11) is 1.65. The van der Waals surface area contributed by atoms with Crippen molar-refractivity contribution >= 4 is 23.2 Å². The predicted octanol–water partition coefficient (Wildman–Crippen LogP) is 3.99. The SMILES string of the molecule is CN(C(=O)c1cccc(C2CCOC2)c1)c1cc(Cl)ccc1C#N. The zero-order valence-electron chi connectivity index (χ0n) is 13.3. The molecule has 1 aliphatic heterocycles. The molecule has 1 amide bonds. The molecule has 0 bridgehead atoms. The summed E-state index contributed by atoms with van der Waals surface area (Å²) in [5.74, 6) is 0.165. The Morgan fingerprint density at radius 1 is 1.33 bits per heavy atom. The van der Waals surface area contributed by atoms with Gasteiger partial charge in [0, 0.05) is 30.2 Å². The molecule has 5 heteroatoms. The minimum absolute atomic E-state index is 0.172. The van der Waals surface area contributed by atoms with Crippen LogP contribution < -0.4 is 4.90 Å². The topological polar surface area (TPSA) is 53.3 Å². The van der Waals surface area contributed by atoms with Gasteiger partial charge in [-0.2, -0.15) is 5.26 Å². The number of anilines is 1. The van der Waals surface area contributed by atoms with Crippen molar-refractivity contribution in [3.8, 4) is 6.07 Å². The third-order valence-electron chi connectivity index (χ3n) is 4.28. The van der Waals surface area contributed by atoms with Gasteiger partial charge in [-0.1, -0.05) is 23.7 Å². The van der Waals surface area contributed by atoms with E-state index in [1.165, 1.54) is 4.90 Å². The highest BCUT2D eigenvalue weighted by Gasteiger charge is 2.21. The molecule has 0 aromatic heterocycles. The van der Waals surface area contributed by atoms with E-state index in [-0.39, 0.29) is 5.91 Å². The van der Waals surface area contributed by atoms with Gasteiger partial charge in [-0.3, -0.25) is 4.79 Å². The first-order valence-corrected chi connectivity index (χ1v) is 8.13. The number of benzene rings is 2. The summed E-state index contributed by atoms with van der Waals surface area (Å²) in [4.78, 5) is 14.3. The molecule has 0 aliphatic carbocycles. The summed E-state index contributed by atoms with van der Waals surface area (Å²) in [6.07, 6.45) is 0.973. The highest BCUT2D eigenvalue weighted by molar-refractivity contribution is 6.31. The zero-order valence-corrected chi connectivity index (χ0v) is 14.1. The number of carbonyl (C=O) groups excluding carboxylic acids is 1. The number of hydrogen-bond acceptors (Lipinski definition) is 3. The second-order valence-corrected chi connectivity index (χ2v) is 6.26. The summed E-state index contributed by atoms with van der Waals surface area (Å²) >= 11 is 6.02. The summed E-state index contributed by atoms with van der Waals surface area (Å²) in [5, 5.41) is 9.74. The van der Waals surface area contributed by atoms with Gasteiger partial charge in [0.1, 0.15) is 6.07 Å². The van der Waals surface area contributed by atoms with Crippen LogP contribution in [0.5, 0.6) is 0 Å². The third-order valence-corrected chi connectivity index (χ3v) is 4.52. The molecule has 1 heterocycles. The van der Waals surface area contributed by atoms with E-state index in [1.54, 1.807) is 31.3 Å². The van der Waals surface area contributed by atoms with Gasteiger partial charge in [0.15, 0.2) is 0 Å². The molecule has 1 unspecified atom stereocenters. The molecule has 0 N–H and O–H groups in total. The van der Waals surface area contributed by atoms with Crippen LogP contribution in [0.1, 0.15) is 33.8 Å². The van der Waals surface area contributed by atoms with E-state index in [9.17, 15) is 10.1 Å². The molecule has 0 spiro atoms. The van der Waals surface area contributed by atoms with Crippen molar-refractivity contribution in [1.82, 2.24) is 0 Å². The van der Waals surface area contributed by atoms with Gasteiger partial charge in [-0.05, 0) is 42.3 Å². The Balaban J connectivity index is 1.90. The van der Waals surface area contributed by atoms with E-state index < -0.39 is 0 Å². The van der Waals surface area contributed by atoms with Gasteiger partial charge in [0.05, 0.1) is 17.9 Å². The van der Waals surface area contributed by atoms with Crippen molar-refractivity contribution in [3.63, 3.8) is 0 Å². The summed E-state index contributed by atoms with van der Waals surface area (Å²) in [6, 6.07) is 14.6. The number of nitrogens with zero attached hydrogens (tertiary/aromatic N) is 2. The van der Waals surface area contributed by atoms with E-state index >= 15 is 0 Å². The molecule has 2 aromatic rings. The Labute approximate surface area is 146 Å². The quantitative estimate of drug-likeness (QED) is 0.848. The van der Waals surface area contributed by atoms with E-state index in [4.69, 9.17) is 16.3 Å². The minimum atomic E-state index is -0.172. The van der Waals surface area contributed by atoms with Gasteiger partial charge in [-0.15, -0.1) is 0 Å². The Hall–Kier alpha value is -2.35. The molecular weight excluding hydrogens is 324 g/mol. The number of carbonyl (C=O) groups is 1. The molecule has 24 heavy (non-hydrogen) atoms. The molecule has 3 rings (SSSR count). The molecule has 0 saturated carbocycles. The normalized spacial score (nSPS) is 16.6. The molecule has 0 radical (unpaired) electrons. The lowest BCUT2D eigenvalue weighted by molar-refractivity contribution is 0.0993. The standard InChI is InChI=1S/C19H17ClN2O2/c1-22(18-10-17(20)6-5-15(18)11-21)19(23)14-4-2-3-13(9-14)16-7-8-24-12-16/h2-6,9-10,16H,7-8,12H2,1H3. The molecule has 1 saturated heterocycles. The van der Waals surface area contributed by atoms with Crippen LogP contribution in [0.25, 0.3) is 0 Å². The lowest BCUT2D eigenvalue weighted by atomic mass is 9.96. The van der Waals surface area contributed by atoms with E-state index in [1.807, 2.05) is 18.2 Å². The van der Waals surface area contributed by atoms with Crippen molar-refractivity contribution in [2.24, 2.45) is 0 Å². The van der Waals surface area contributed by atoms with Crippen LogP contribution in [0.4, 0.5) is 5.69 Å². The number of rotatable bonds is 3. The number of ether oxygens (including phenoxy) is 1. The van der Waals surface area contributed by atoms with Crippen molar-refractivity contribution < 1.29 is 9.53 Å². The molecule has 1 fully saturated rings. The average molecular weight is 341 g/mol. The number of halogens is 1. The lowest BCUT2D eigenvalue weighted by Crippen LogP contribution is -2.27. The van der Waals surface area contributed by atoms with E-state index in [0.717, 1.165) is 18.6 Å². The maximum atomic E-state index is 12.8. The third kappa shape index (κ3) is 3.28. The van der Waals surface area contributed by atoms with Gasteiger partial charge in [0.25, 0.3) is 5.91 Å². The summed E-state index contributed by atoms with van der Waals surface area (Å²) in [6.45, 7) is 1.46. The van der Waals surface area contributed by atoms with Crippen LogP contribution in [0, 0.1) is 11.3 Å². The van der Waals surface area contributed by atoms with Crippen LogP contribution in [-0.4, -0.2) is 26.2 Å². The Bertz CT molecular complexity index is 807. The van der Waals surface area contributed by atoms with Crippen LogP contribution in [-0.2, 0) is 4.74 Å². The van der Waals surface area contributed by atoms with Crippen molar-refractivity contribution in [1.29, 1.82) is 5.26 Å². The molecular formula is C19H17ClN2O2. The second-order valence-electron chi connectivity index (χ2n) is 5.82. The maximum Gasteiger partial charge on any atom is 0.258 e. The van der Waals surface area contributed by atoms with Crippen LogP contribution in [0.3, 0.4) is 0 Å². The summed E-state index contributed by atoms with van der Waals surface area (Å²) in [5.41, 5.74) is 2.62. The fourth-order valence-electron chi connectivity index (χ4n) is 2.90. The fraction of sp³-hybridized carbons (Fsp3) is 0.263. The highest BCUT2D eigenvalue weighted by Crippen LogP contribution is 2.28. The Kier molecular flexibility index (Phi) is 4.84. The fourth-order valence-corrected chi connectivity index (χ4v) is 3.07. The molecule has 2 aromatic carbocycles. The smallest absolute Gasteiger partial charge is 0.258 e. The maximum absolute atomic E-state index is 12.8. The minimum Gasteiger partial charge on any atom is -0.381 e. The van der Waals surface area contributed by atoms with Crippen molar-refractivity contribution in [2.45, 2.75) is 12.3 Å². The lowest BCUT2D eigenvalue weighted by Gasteiger charge is -2.20. The number of amides is 1. The molecule has 1 atom stereocenters. The monoisotopic (exact) mass is 340 g/mol.